The smallest absolute Gasteiger partial charge is 0.376 e. The Kier molecular flexibility index (Phi) is 3.31. The zero-order valence-electron chi connectivity index (χ0n) is 11.2. The predicted octanol–water partition coefficient (Wildman–Crippen LogP) is 3.66. The molecule has 0 bridgehead atoms. The molecule has 21 heavy (non-hydrogen) atoms. The second kappa shape index (κ2) is 5.28. The van der Waals surface area contributed by atoms with Crippen LogP contribution in [0.5, 0.6) is 0 Å². The van der Waals surface area contributed by atoms with Gasteiger partial charge in [-0.3, -0.25) is 0 Å². The van der Waals surface area contributed by atoms with Gasteiger partial charge >= 0.3 is 5.97 Å². The molecular formula is C16H12FNO3. The Morgan fingerprint density at radius 3 is 2.62 bits per heavy atom. The molecule has 0 N–H and O–H groups in total. The number of methoxy groups -OCH3 is 1. The van der Waals surface area contributed by atoms with Crippen LogP contribution in [-0.2, 0) is 4.74 Å². The molecule has 0 aliphatic rings. The lowest BCUT2D eigenvalue weighted by Gasteiger charge is -2.01. The van der Waals surface area contributed by atoms with Crippen molar-refractivity contribution in [1.29, 1.82) is 0 Å². The molecule has 5 heteroatoms. The highest BCUT2D eigenvalue weighted by Crippen LogP contribution is 2.29. The van der Waals surface area contributed by atoms with Crippen LogP contribution in [0.1, 0.15) is 10.6 Å². The van der Waals surface area contributed by atoms with E-state index in [0.717, 1.165) is 0 Å². The van der Waals surface area contributed by atoms with Crippen molar-refractivity contribution in [2.24, 2.45) is 0 Å². The number of benzene rings is 1. The van der Waals surface area contributed by atoms with Crippen molar-refractivity contribution in [3.8, 4) is 17.0 Å². The number of nitrogens with zero attached hydrogens (tertiary/aromatic N) is 1. The lowest BCUT2D eigenvalue weighted by atomic mass is 10.1. The highest BCUT2D eigenvalue weighted by molar-refractivity contribution is 5.91. The number of rotatable bonds is 3. The van der Waals surface area contributed by atoms with Crippen molar-refractivity contribution < 1.29 is 18.3 Å². The molecule has 0 saturated heterocycles. The topological polar surface area (TPSA) is 44.4 Å². The van der Waals surface area contributed by atoms with Crippen molar-refractivity contribution in [3.63, 3.8) is 0 Å². The fraction of sp³-hybridized carbons (Fsp3) is 0.0625. The molecular weight excluding hydrogens is 273 g/mol. The molecule has 106 valence electrons. The summed E-state index contributed by atoms with van der Waals surface area (Å²) in [5.74, 6) is -0.473. The van der Waals surface area contributed by atoms with E-state index in [1.807, 2.05) is 12.1 Å². The summed E-state index contributed by atoms with van der Waals surface area (Å²) < 4.78 is 25.4. The van der Waals surface area contributed by atoms with E-state index in [-0.39, 0.29) is 11.6 Å². The number of halogens is 1. The zero-order chi connectivity index (χ0) is 14.8. The number of ether oxygens (including phenoxy) is 1. The molecule has 0 unspecified atom stereocenters. The lowest BCUT2D eigenvalue weighted by Crippen LogP contribution is -2.03. The molecule has 2 aromatic heterocycles. The van der Waals surface area contributed by atoms with Gasteiger partial charge in [0.25, 0.3) is 0 Å². The number of furan rings is 1. The first-order valence-corrected chi connectivity index (χ1v) is 6.30. The van der Waals surface area contributed by atoms with Gasteiger partial charge in [0.1, 0.15) is 11.6 Å². The van der Waals surface area contributed by atoms with Gasteiger partial charge in [0.05, 0.1) is 12.8 Å². The van der Waals surface area contributed by atoms with Gasteiger partial charge in [0.2, 0.25) is 5.76 Å². The van der Waals surface area contributed by atoms with E-state index in [4.69, 9.17) is 9.15 Å². The largest absolute Gasteiger partial charge is 0.463 e. The predicted molar refractivity (Wildman–Crippen MR) is 74.8 cm³/mol. The summed E-state index contributed by atoms with van der Waals surface area (Å²) >= 11 is 0. The highest BCUT2D eigenvalue weighted by Gasteiger charge is 2.21. The van der Waals surface area contributed by atoms with Crippen molar-refractivity contribution in [3.05, 3.63) is 66.4 Å². The van der Waals surface area contributed by atoms with Gasteiger partial charge in [-0.25, -0.2) is 9.18 Å². The minimum atomic E-state index is -0.582. The SMILES string of the molecule is COC(=O)c1oc(-c2cccc(F)c2)cc1-n1cccc1. The van der Waals surface area contributed by atoms with Gasteiger partial charge in [0.15, 0.2) is 0 Å². The van der Waals surface area contributed by atoms with Gasteiger partial charge in [-0.05, 0) is 24.3 Å². The van der Waals surface area contributed by atoms with Gasteiger partial charge in [-0.2, -0.15) is 0 Å². The molecule has 4 nitrogen and oxygen atoms in total. The summed E-state index contributed by atoms with van der Waals surface area (Å²) in [4.78, 5) is 11.8. The molecule has 3 rings (SSSR count). The summed E-state index contributed by atoms with van der Waals surface area (Å²) in [6.45, 7) is 0. The average Bonchev–Trinajstić information content (AvgIpc) is 3.15. The third-order valence-corrected chi connectivity index (χ3v) is 3.08. The quantitative estimate of drug-likeness (QED) is 0.690. The Labute approximate surface area is 120 Å². The van der Waals surface area contributed by atoms with Crippen LogP contribution >= 0.6 is 0 Å². The molecule has 0 atom stereocenters. The monoisotopic (exact) mass is 285 g/mol. The number of aromatic nitrogens is 1. The Morgan fingerprint density at radius 1 is 1.19 bits per heavy atom. The number of esters is 1. The number of carbonyl (C=O) groups is 1. The van der Waals surface area contributed by atoms with Crippen LogP contribution in [0.25, 0.3) is 17.0 Å². The average molecular weight is 285 g/mol. The highest BCUT2D eigenvalue weighted by atomic mass is 19.1. The van der Waals surface area contributed by atoms with Crippen LogP contribution in [0.15, 0.2) is 59.3 Å². The molecule has 3 aromatic rings. The minimum absolute atomic E-state index is 0.0768. The van der Waals surface area contributed by atoms with Gasteiger partial charge in [0, 0.05) is 24.0 Å². The summed E-state index contributed by atoms with van der Waals surface area (Å²) in [7, 11) is 1.28. The molecule has 0 fully saturated rings. The van der Waals surface area contributed by atoms with Crippen molar-refractivity contribution >= 4 is 5.97 Å². The van der Waals surface area contributed by atoms with Gasteiger partial charge in [-0.1, -0.05) is 12.1 Å². The Balaban J connectivity index is 2.14. The molecule has 0 radical (unpaired) electrons. The second-order valence-corrected chi connectivity index (χ2v) is 4.42. The van der Waals surface area contributed by atoms with Crippen LogP contribution < -0.4 is 0 Å². The molecule has 1 aromatic carbocycles. The van der Waals surface area contributed by atoms with Crippen molar-refractivity contribution in [2.75, 3.05) is 7.11 Å². The maximum absolute atomic E-state index is 13.3. The van der Waals surface area contributed by atoms with Crippen LogP contribution in [0.3, 0.4) is 0 Å². The first-order chi connectivity index (χ1) is 10.2. The minimum Gasteiger partial charge on any atom is -0.463 e. The number of hydrogen-bond donors (Lipinski definition) is 0. The maximum Gasteiger partial charge on any atom is 0.376 e. The van der Waals surface area contributed by atoms with E-state index >= 15 is 0 Å². The maximum atomic E-state index is 13.3. The third-order valence-electron chi connectivity index (χ3n) is 3.08. The lowest BCUT2D eigenvalue weighted by molar-refractivity contribution is 0.0566. The van der Waals surface area contributed by atoms with E-state index in [0.29, 0.717) is 17.0 Å². The standard InChI is InChI=1S/C16H12FNO3/c1-20-16(19)15-13(18-7-2-3-8-18)10-14(21-15)11-5-4-6-12(17)9-11/h2-10H,1H3. The van der Waals surface area contributed by atoms with Crippen LogP contribution in [0.2, 0.25) is 0 Å². The molecule has 0 spiro atoms. The number of hydrogen-bond acceptors (Lipinski definition) is 3. The van der Waals surface area contributed by atoms with Crippen LogP contribution in [-0.4, -0.2) is 17.6 Å². The van der Waals surface area contributed by atoms with E-state index < -0.39 is 5.97 Å². The summed E-state index contributed by atoms with van der Waals surface area (Å²) in [5.41, 5.74) is 1.10. The third kappa shape index (κ3) is 2.45. The molecule has 0 aliphatic heterocycles. The number of carbonyl (C=O) groups excluding carboxylic acids is 1. The Morgan fingerprint density at radius 2 is 1.95 bits per heavy atom. The molecule has 0 amide bonds. The first kappa shape index (κ1) is 13.2. The first-order valence-electron chi connectivity index (χ1n) is 6.30. The van der Waals surface area contributed by atoms with Crippen molar-refractivity contribution in [2.45, 2.75) is 0 Å². The van der Waals surface area contributed by atoms with Gasteiger partial charge < -0.3 is 13.7 Å². The van der Waals surface area contributed by atoms with Crippen LogP contribution in [0.4, 0.5) is 4.39 Å². The molecule has 0 aliphatic carbocycles. The molecule has 2 heterocycles. The second-order valence-electron chi connectivity index (χ2n) is 4.42. The van der Waals surface area contributed by atoms with E-state index in [2.05, 4.69) is 0 Å². The summed E-state index contributed by atoms with van der Waals surface area (Å²) in [6, 6.07) is 11.3. The molecule has 0 saturated carbocycles. The normalized spacial score (nSPS) is 10.6. The summed E-state index contributed by atoms with van der Waals surface area (Å²) in [5, 5.41) is 0. The van der Waals surface area contributed by atoms with Gasteiger partial charge in [-0.15, -0.1) is 0 Å². The fourth-order valence-electron chi connectivity index (χ4n) is 2.09. The fourth-order valence-corrected chi connectivity index (χ4v) is 2.09. The zero-order valence-corrected chi connectivity index (χ0v) is 11.2. The van der Waals surface area contributed by atoms with E-state index in [1.165, 1.54) is 19.2 Å². The Hall–Kier alpha value is -2.82. The Bertz CT molecular complexity index is 775. The van der Waals surface area contributed by atoms with E-state index in [9.17, 15) is 9.18 Å². The van der Waals surface area contributed by atoms with Crippen molar-refractivity contribution in [1.82, 2.24) is 4.57 Å². The summed E-state index contributed by atoms with van der Waals surface area (Å²) in [6.07, 6.45) is 3.57. The van der Waals surface area contributed by atoms with Crippen LogP contribution in [0, 0.1) is 5.82 Å². The van der Waals surface area contributed by atoms with E-state index in [1.54, 1.807) is 35.2 Å².